The van der Waals surface area contributed by atoms with Gasteiger partial charge >= 0.3 is 0 Å². The number of likely N-dealkylation sites (tertiary alicyclic amines) is 1. The highest BCUT2D eigenvalue weighted by molar-refractivity contribution is 7.90. The van der Waals surface area contributed by atoms with Gasteiger partial charge in [0.1, 0.15) is 5.60 Å². The highest BCUT2D eigenvalue weighted by Gasteiger charge is 2.44. The second-order valence-electron chi connectivity index (χ2n) is 7.95. The number of nitrogens with zero attached hydrogens (tertiary/aromatic N) is 2. The summed E-state index contributed by atoms with van der Waals surface area (Å²) in [5.74, 6) is -0.0286. The first kappa shape index (κ1) is 21.5. The van der Waals surface area contributed by atoms with Crippen LogP contribution in [0.4, 0.5) is 0 Å². The zero-order valence-corrected chi connectivity index (χ0v) is 17.9. The Kier molecular flexibility index (Phi) is 6.12. The fourth-order valence-electron chi connectivity index (χ4n) is 3.94. The van der Waals surface area contributed by atoms with E-state index < -0.39 is 15.4 Å². The molecule has 1 fully saturated rings. The largest absolute Gasteiger partial charge is 0.383 e. The van der Waals surface area contributed by atoms with Crippen LogP contribution in [-0.2, 0) is 26.7 Å². The van der Waals surface area contributed by atoms with Gasteiger partial charge in [-0.1, -0.05) is 42.5 Å². The molecule has 3 rings (SSSR count). The average molecular weight is 417 g/mol. The molecule has 0 saturated carbocycles. The first-order valence-corrected chi connectivity index (χ1v) is 11.5. The van der Waals surface area contributed by atoms with Crippen molar-refractivity contribution >= 4 is 15.7 Å². The molecule has 29 heavy (non-hydrogen) atoms. The SMILES string of the molecule is CN(C)[C@@H]1CN(C(=O)Cc2ccc(S(C)(=O)=O)cc2)CC[C@]1(O)c1ccccc1. The quantitative estimate of drug-likeness (QED) is 0.803. The molecule has 1 aliphatic heterocycles. The van der Waals surface area contributed by atoms with Crippen molar-refractivity contribution in [3.05, 3.63) is 65.7 Å². The molecule has 1 saturated heterocycles. The zero-order chi connectivity index (χ0) is 21.2. The lowest BCUT2D eigenvalue weighted by Gasteiger charge is -2.47. The number of carbonyl (C=O) groups is 1. The summed E-state index contributed by atoms with van der Waals surface area (Å²) in [6, 6.07) is 15.8. The summed E-state index contributed by atoms with van der Waals surface area (Å²) in [7, 11) is 0.573. The molecule has 0 unspecified atom stereocenters. The van der Waals surface area contributed by atoms with Gasteiger partial charge in [-0.2, -0.15) is 0 Å². The summed E-state index contributed by atoms with van der Waals surface area (Å²) in [6.45, 7) is 0.897. The molecular formula is C22H28N2O4S. The van der Waals surface area contributed by atoms with Crippen molar-refractivity contribution in [1.29, 1.82) is 0 Å². The van der Waals surface area contributed by atoms with Gasteiger partial charge in [0.25, 0.3) is 0 Å². The van der Waals surface area contributed by atoms with Gasteiger partial charge in [-0.25, -0.2) is 8.42 Å². The predicted octanol–water partition coefficient (Wildman–Crippen LogP) is 1.68. The first-order chi connectivity index (χ1) is 13.6. The van der Waals surface area contributed by atoms with Crippen molar-refractivity contribution in [1.82, 2.24) is 9.80 Å². The second-order valence-corrected chi connectivity index (χ2v) is 9.97. The summed E-state index contributed by atoms with van der Waals surface area (Å²) in [4.78, 5) is 16.9. The van der Waals surface area contributed by atoms with Crippen LogP contribution in [0, 0.1) is 0 Å². The number of piperidine rings is 1. The maximum Gasteiger partial charge on any atom is 0.227 e. The molecule has 1 amide bonds. The third-order valence-corrected chi connectivity index (χ3v) is 6.79. The maximum atomic E-state index is 12.9. The first-order valence-electron chi connectivity index (χ1n) is 9.62. The topological polar surface area (TPSA) is 77.9 Å². The van der Waals surface area contributed by atoms with E-state index in [0.29, 0.717) is 19.5 Å². The van der Waals surface area contributed by atoms with Crippen molar-refractivity contribution in [3.63, 3.8) is 0 Å². The van der Waals surface area contributed by atoms with Crippen LogP contribution < -0.4 is 0 Å². The molecule has 0 bridgehead atoms. The fourth-order valence-corrected chi connectivity index (χ4v) is 4.57. The van der Waals surface area contributed by atoms with E-state index in [1.807, 2.05) is 49.3 Å². The molecule has 1 N–H and O–H groups in total. The van der Waals surface area contributed by atoms with E-state index in [4.69, 9.17) is 0 Å². The standard InChI is InChI=1S/C22H28N2O4S/c1-23(2)20-16-24(14-13-22(20,26)18-7-5-4-6-8-18)21(25)15-17-9-11-19(12-10-17)29(3,27)28/h4-12,20,26H,13-16H2,1-3H3/t20-,22+/m1/s1. The van der Waals surface area contributed by atoms with Crippen LogP contribution in [-0.4, -0.2) is 68.7 Å². The lowest BCUT2D eigenvalue weighted by atomic mass is 9.79. The van der Waals surface area contributed by atoms with Gasteiger partial charge in [0.05, 0.1) is 17.4 Å². The molecule has 1 aliphatic rings. The van der Waals surface area contributed by atoms with Crippen LogP contribution in [0.15, 0.2) is 59.5 Å². The third kappa shape index (κ3) is 4.69. The van der Waals surface area contributed by atoms with E-state index in [1.54, 1.807) is 17.0 Å². The van der Waals surface area contributed by atoms with Crippen molar-refractivity contribution in [2.24, 2.45) is 0 Å². The van der Waals surface area contributed by atoms with Crippen LogP contribution in [0.2, 0.25) is 0 Å². The van der Waals surface area contributed by atoms with E-state index in [2.05, 4.69) is 0 Å². The molecule has 2 aromatic carbocycles. The Labute approximate surface area is 172 Å². The van der Waals surface area contributed by atoms with Gasteiger partial charge in [0.15, 0.2) is 9.84 Å². The van der Waals surface area contributed by atoms with Crippen molar-refractivity contribution < 1.29 is 18.3 Å². The Bertz CT molecular complexity index is 958. The Morgan fingerprint density at radius 3 is 2.31 bits per heavy atom. The van der Waals surface area contributed by atoms with E-state index in [1.165, 1.54) is 12.1 Å². The number of aliphatic hydroxyl groups is 1. The minimum Gasteiger partial charge on any atom is -0.383 e. The number of likely N-dealkylation sites (N-methyl/N-ethyl adjacent to an activating group) is 1. The normalized spacial score (nSPS) is 22.7. The second kappa shape index (κ2) is 8.26. The third-order valence-electron chi connectivity index (χ3n) is 5.66. The zero-order valence-electron chi connectivity index (χ0n) is 17.1. The molecule has 0 spiro atoms. The minimum atomic E-state index is -3.25. The molecule has 156 valence electrons. The van der Waals surface area contributed by atoms with Crippen LogP contribution in [0.3, 0.4) is 0 Å². The molecule has 1 heterocycles. The minimum absolute atomic E-state index is 0.0286. The molecule has 0 aromatic heterocycles. The summed E-state index contributed by atoms with van der Waals surface area (Å²) in [6.07, 6.45) is 1.82. The summed E-state index contributed by atoms with van der Waals surface area (Å²) >= 11 is 0. The molecule has 6 nitrogen and oxygen atoms in total. The molecule has 7 heteroatoms. The van der Waals surface area contributed by atoms with Crippen molar-refractivity contribution in [3.8, 4) is 0 Å². The fraction of sp³-hybridized carbons (Fsp3) is 0.409. The molecule has 2 atom stereocenters. The average Bonchev–Trinajstić information content (AvgIpc) is 2.68. The van der Waals surface area contributed by atoms with Gasteiger partial charge < -0.3 is 14.9 Å². The summed E-state index contributed by atoms with van der Waals surface area (Å²) < 4.78 is 23.2. The predicted molar refractivity (Wildman–Crippen MR) is 112 cm³/mol. The number of rotatable bonds is 5. The number of amides is 1. The summed E-state index contributed by atoms with van der Waals surface area (Å²) in [5, 5.41) is 11.4. The monoisotopic (exact) mass is 416 g/mol. The van der Waals surface area contributed by atoms with E-state index >= 15 is 0 Å². The van der Waals surface area contributed by atoms with Crippen LogP contribution in [0.1, 0.15) is 17.5 Å². The Hall–Kier alpha value is -2.22. The number of sulfone groups is 1. The number of carbonyl (C=O) groups excluding carboxylic acids is 1. The van der Waals surface area contributed by atoms with Crippen LogP contribution >= 0.6 is 0 Å². The highest BCUT2D eigenvalue weighted by Crippen LogP contribution is 2.35. The van der Waals surface area contributed by atoms with Crippen LogP contribution in [0.25, 0.3) is 0 Å². The molecule has 0 radical (unpaired) electrons. The van der Waals surface area contributed by atoms with Gasteiger partial charge in [0.2, 0.25) is 5.91 Å². The highest BCUT2D eigenvalue weighted by atomic mass is 32.2. The van der Waals surface area contributed by atoms with Gasteiger partial charge in [-0.05, 0) is 43.8 Å². The Balaban J connectivity index is 1.73. The van der Waals surface area contributed by atoms with Gasteiger partial charge in [-0.15, -0.1) is 0 Å². The lowest BCUT2D eigenvalue weighted by molar-refractivity contribution is -0.141. The maximum absolute atomic E-state index is 12.9. The summed E-state index contributed by atoms with van der Waals surface area (Å²) in [5.41, 5.74) is 0.619. The Morgan fingerprint density at radius 1 is 1.14 bits per heavy atom. The number of benzene rings is 2. The number of hydrogen-bond donors (Lipinski definition) is 1. The molecule has 2 aromatic rings. The van der Waals surface area contributed by atoms with E-state index in [9.17, 15) is 18.3 Å². The van der Waals surface area contributed by atoms with Crippen molar-refractivity contribution in [2.75, 3.05) is 33.4 Å². The molecule has 0 aliphatic carbocycles. The van der Waals surface area contributed by atoms with Gasteiger partial charge in [-0.3, -0.25) is 4.79 Å². The lowest BCUT2D eigenvalue weighted by Crippen LogP contribution is -2.60. The van der Waals surface area contributed by atoms with Crippen molar-refractivity contribution in [2.45, 2.75) is 29.4 Å². The smallest absolute Gasteiger partial charge is 0.227 e. The number of hydrogen-bond acceptors (Lipinski definition) is 5. The van der Waals surface area contributed by atoms with E-state index in [0.717, 1.165) is 17.4 Å². The van der Waals surface area contributed by atoms with Gasteiger partial charge in [0, 0.05) is 19.3 Å². The Morgan fingerprint density at radius 2 is 1.76 bits per heavy atom. The van der Waals surface area contributed by atoms with Crippen LogP contribution in [0.5, 0.6) is 0 Å². The molecular weight excluding hydrogens is 388 g/mol. The van der Waals surface area contributed by atoms with E-state index in [-0.39, 0.29) is 23.3 Å².